The molecule has 3 aromatic rings. The van der Waals surface area contributed by atoms with Gasteiger partial charge in [0.05, 0.1) is 17.8 Å². The van der Waals surface area contributed by atoms with E-state index in [-0.39, 0.29) is 12.5 Å². The molecule has 1 amide bonds. The van der Waals surface area contributed by atoms with Gasteiger partial charge in [0.2, 0.25) is 0 Å². The molecule has 0 spiro atoms. The molecule has 1 fully saturated rings. The third-order valence-electron chi connectivity index (χ3n) is 4.65. The molecular weight excluding hydrogens is 433 g/mol. The summed E-state index contributed by atoms with van der Waals surface area (Å²) in [6.45, 7) is 3.64. The second-order valence-corrected chi connectivity index (χ2v) is 8.41. The summed E-state index contributed by atoms with van der Waals surface area (Å²) in [6.07, 6.45) is 1.65. The van der Waals surface area contributed by atoms with Gasteiger partial charge in [-0.1, -0.05) is 23.2 Å². The quantitative estimate of drug-likeness (QED) is 0.554. The van der Waals surface area contributed by atoms with Gasteiger partial charge in [-0.25, -0.2) is 4.98 Å². The summed E-state index contributed by atoms with van der Waals surface area (Å²) in [7, 11) is 0. The maximum Gasteiger partial charge on any atom is 0.260 e. The van der Waals surface area contributed by atoms with E-state index in [0.29, 0.717) is 28.9 Å². The number of hydrogen-bond acceptors (Lipinski definition) is 6. The van der Waals surface area contributed by atoms with Crippen LogP contribution < -0.4 is 4.74 Å². The fourth-order valence-electron chi connectivity index (χ4n) is 3.09. The molecule has 0 radical (unpaired) electrons. The van der Waals surface area contributed by atoms with Crippen molar-refractivity contribution in [1.82, 2.24) is 14.8 Å². The molecule has 0 bridgehead atoms. The van der Waals surface area contributed by atoms with Crippen LogP contribution in [0.2, 0.25) is 10.0 Å². The van der Waals surface area contributed by atoms with Crippen LogP contribution in [0.15, 0.2) is 46.4 Å². The zero-order valence-corrected chi connectivity index (χ0v) is 17.8. The Morgan fingerprint density at radius 1 is 1.21 bits per heavy atom. The fraction of sp³-hybridized carbons (Fsp3) is 0.300. The number of rotatable bonds is 6. The third-order valence-corrected chi connectivity index (χ3v) is 6.02. The van der Waals surface area contributed by atoms with Gasteiger partial charge in [-0.2, -0.15) is 0 Å². The van der Waals surface area contributed by atoms with Crippen LogP contribution in [0.25, 0.3) is 11.5 Å². The zero-order valence-electron chi connectivity index (χ0n) is 15.5. The van der Waals surface area contributed by atoms with Gasteiger partial charge in [0.25, 0.3) is 5.91 Å². The first-order valence-corrected chi connectivity index (χ1v) is 10.8. The molecule has 1 saturated heterocycles. The van der Waals surface area contributed by atoms with Crippen LogP contribution >= 0.6 is 34.5 Å². The molecule has 3 heterocycles. The third kappa shape index (κ3) is 5.11. The van der Waals surface area contributed by atoms with Crippen LogP contribution in [0, 0.1) is 0 Å². The van der Waals surface area contributed by atoms with Gasteiger partial charge in [0.15, 0.2) is 12.4 Å². The Labute approximate surface area is 182 Å². The van der Waals surface area contributed by atoms with Crippen LogP contribution in [0.4, 0.5) is 0 Å². The Balaban J connectivity index is 1.24. The molecule has 29 heavy (non-hydrogen) atoms. The van der Waals surface area contributed by atoms with Crippen LogP contribution in [0.1, 0.15) is 5.01 Å². The summed E-state index contributed by atoms with van der Waals surface area (Å²) >= 11 is 13.6. The number of aromatic nitrogens is 1. The van der Waals surface area contributed by atoms with E-state index in [4.69, 9.17) is 32.4 Å². The molecule has 4 rings (SSSR count). The lowest BCUT2D eigenvalue weighted by Gasteiger charge is -2.34. The predicted octanol–water partition coefficient (Wildman–Crippen LogP) is 4.43. The number of thiazole rings is 1. The van der Waals surface area contributed by atoms with E-state index < -0.39 is 0 Å². The summed E-state index contributed by atoms with van der Waals surface area (Å²) < 4.78 is 10.9. The average Bonchev–Trinajstić information content (AvgIpc) is 3.39. The van der Waals surface area contributed by atoms with Crippen molar-refractivity contribution in [2.75, 3.05) is 32.8 Å². The number of carbonyl (C=O) groups excluding carboxylic acids is 1. The lowest BCUT2D eigenvalue weighted by Crippen LogP contribution is -2.49. The summed E-state index contributed by atoms with van der Waals surface area (Å²) in [5.41, 5.74) is 0.863. The molecule has 0 aliphatic carbocycles. The Kier molecular flexibility index (Phi) is 6.40. The normalized spacial score (nSPS) is 14.9. The minimum absolute atomic E-state index is 0.0413. The molecule has 2 aromatic heterocycles. The molecule has 152 valence electrons. The molecule has 6 nitrogen and oxygen atoms in total. The number of ether oxygens (including phenoxy) is 1. The fourth-order valence-corrected chi connectivity index (χ4v) is 4.38. The van der Waals surface area contributed by atoms with Crippen molar-refractivity contribution in [3.63, 3.8) is 0 Å². The smallest absolute Gasteiger partial charge is 0.260 e. The van der Waals surface area contributed by atoms with Gasteiger partial charge in [0.1, 0.15) is 16.5 Å². The molecule has 9 heteroatoms. The number of amides is 1. The molecule has 1 aliphatic heterocycles. The van der Waals surface area contributed by atoms with Gasteiger partial charge < -0.3 is 14.1 Å². The zero-order chi connectivity index (χ0) is 20.2. The molecule has 1 aromatic carbocycles. The predicted molar refractivity (Wildman–Crippen MR) is 114 cm³/mol. The first-order valence-electron chi connectivity index (χ1n) is 9.15. The number of hydrogen-bond donors (Lipinski definition) is 0. The van der Waals surface area contributed by atoms with Crippen molar-refractivity contribution in [3.05, 3.63) is 57.0 Å². The maximum atomic E-state index is 12.4. The summed E-state index contributed by atoms with van der Waals surface area (Å²) in [6, 6.07) is 8.71. The summed E-state index contributed by atoms with van der Waals surface area (Å²) in [5.74, 6) is 1.19. The maximum absolute atomic E-state index is 12.4. The van der Waals surface area contributed by atoms with Crippen LogP contribution in [-0.4, -0.2) is 53.5 Å². The Morgan fingerprint density at radius 2 is 2.03 bits per heavy atom. The van der Waals surface area contributed by atoms with Gasteiger partial charge >= 0.3 is 0 Å². The van der Waals surface area contributed by atoms with E-state index in [0.717, 1.165) is 36.1 Å². The van der Waals surface area contributed by atoms with Gasteiger partial charge in [-0.15, -0.1) is 11.3 Å². The molecule has 0 atom stereocenters. The highest BCUT2D eigenvalue weighted by Crippen LogP contribution is 2.27. The minimum Gasteiger partial charge on any atom is -0.482 e. The largest absolute Gasteiger partial charge is 0.482 e. The summed E-state index contributed by atoms with van der Waals surface area (Å²) in [4.78, 5) is 21.2. The van der Waals surface area contributed by atoms with E-state index in [1.165, 1.54) is 0 Å². The highest BCUT2D eigenvalue weighted by atomic mass is 35.5. The molecule has 0 saturated carbocycles. The van der Waals surface area contributed by atoms with Gasteiger partial charge in [0, 0.05) is 36.6 Å². The molecule has 0 N–H and O–H groups in total. The standard InChI is InChI=1S/C20H19Cl2N3O3S/c21-14-3-4-17(15(22)10-14)28-12-20(26)25-7-5-24(6-8-25)11-19-23-16(13-29-19)18-2-1-9-27-18/h1-4,9-10,13H,5-8,11-12H2. The second-order valence-electron chi connectivity index (χ2n) is 6.62. The van der Waals surface area contributed by atoms with Gasteiger partial charge in [-0.05, 0) is 30.3 Å². The SMILES string of the molecule is O=C(COc1ccc(Cl)cc1Cl)N1CCN(Cc2nc(-c3ccco3)cs2)CC1. The van der Waals surface area contributed by atoms with Crippen molar-refractivity contribution in [2.45, 2.75) is 6.54 Å². The van der Waals surface area contributed by atoms with Crippen molar-refractivity contribution >= 4 is 40.4 Å². The van der Waals surface area contributed by atoms with Crippen LogP contribution in [0.5, 0.6) is 5.75 Å². The monoisotopic (exact) mass is 451 g/mol. The summed E-state index contributed by atoms with van der Waals surface area (Å²) in [5, 5.41) is 3.97. The first-order chi connectivity index (χ1) is 14.1. The van der Waals surface area contributed by atoms with E-state index in [1.807, 2.05) is 22.4 Å². The van der Waals surface area contributed by atoms with Crippen LogP contribution in [-0.2, 0) is 11.3 Å². The average molecular weight is 452 g/mol. The van der Waals surface area contributed by atoms with E-state index in [2.05, 4.69) is 9.88 Å². The molecule has 0 unspecified atom stereocenters. The number of halogens is 2. The van der Waals surface area contributed by atoms with Crippen LogP contribution in [0.3, 0.4) is 0 Å². The highest BCUT2D eigenvalue weighted by molar-refractivity contribution is 7.09. The number of piperazine rings is 1. The number of nitrogens with zero attached hydrogens (tertiary/aromatic N) is 3. The first kappa shape index (κ1) is 20.2. The number of benzene rings is 1. The Morgan fingerprint density at radius 3 is 2.76 bits per heavy atom. The highest BCUT2D eigenvalue weighted by Gasteiger charge is 2.22. The number of furan rings is 1. The van der Waals surface area contributed by atoms with Crippen molar-refractivity contribution in [3.8, 4) is 17.2 Å². The van der Waals surface area contributed by atoms with Crippen molar-refractivity contribution < 1.29 is 13.9 Å². The lowest BCUT2D eigenvalue weighted by molar-refractivity contribution is -0.135. The topological polar surface area (TPSA) is 58.8 Å². The number of carbonyl (C=O) groups is 1. The van der Waals surface area contributed by atoms with Crippen molar-refractivity contribution in [1.29, 1.82) is 0 Å². The molecule has 1 aliphatic rings. The van der Waals surface area contributed by atoms with E-state index >= 15 is 0 Å². The second kappa shape index (κ2) is 9.17. The Hall–Kier alpha value is -2.06. The molecular formula is C20H19Cl2N3O3S. The van der Waals surface area contributed by atoms with Crippen molar-refractivity contribution in [2.24, 2.45) is 0 Å². The minimum atomic E-state index is -0.0509. The lowest BCUT2D eigenvalue weighted by atomic mass is 10.3. The Bertz CT molecular complexity index is 969. The van der Waals surface area contributed by atoms with E-state index in [9.17, 15) is 4.79 Å². The van der Waals surface area contributed by atoms with Gasteiger partial charge in [-0.3, -0.25) is 9.69 Å². The van der Waals surface area contributed by atoms with E-state index in [1.54, 1.807) is 35.8 Å².